The van der Waals surface area contributed by atoms with Crippen molar-refractivity contribution in [1.82, 2.24) is 0 Å². The quantitative estimate of drug-likeness (QED) is 0.442. The van der Waals surface area contributed by atoms with Crippen LogP contribution in [0.15, 0.2) is 83.5 Å². The van der Waals surface area contributed by atoms with Gasteiger partial charge in [0.15, 0.2) is 0 Å². The van der Waals surface area contributed by atoms with E-state index in [0.717, 1.165) is 16.9 Å². The van der Waals surface area contributed by atoms with Crippen molar-refractivity contribution in [2.75, 3.05) is 13.7 Å². The van der Waals surface area contributed by atoms with E-state index in [0.29, 0.717) is 35.0 Å². The monoisotopic (exact) mass is 457 g/mol. The summed E-state index contributed by atoms with van der Waals surface area (Å²) in [6.07, 6.45) is -0.826. The molecule has 2 aliphatic heterocycles. The van der Waals surface area contributed by atoms with Crippen molar-refractivity contribution in [3.05, 3.63) is 95.2 Å². The molecule has 172 valence electrons. The Morgan fingerprint density at radius 1 is 1.03 bits per heavy atom. The van der Waals surface area contributed by atoms with Crippen molar-refractivity contribution in [2.24, 2.45) is 4.99 Å². The molecule has 0 N–H and O–H groups in total. The summed E-state index contributed by atoms with van der Waals surface area (Å²) in [5.41, 5.74) is 3.13. The lowest BCUT2D eigenvalue weighted by Crippen LogP contribution is -2.15. The third kappa shape index (κ3) is 4.08. The standard InChI is InChI=1S/C27H23NO6/c1-3-31-27(29)34-26-23(25-24(28-26)20-11-7-8-12-21(20)33-25)19-14-13-18(30-2)15-22(19)32-16-17-9-5-4-6-10-17/h4-15,24H,3,16H2,1-2H3. The van der Waals surface area contributed by atoms with Gasteiger partial charge in [-0.1, -0.05) is 48.5 Å². The number of hydrogen-bond donors (Lipinski definition) is 0. The largest absolute Gasteiger partial charge is 0.515 e. The number of hydrogen-bond acceptors (Lipinski definition) is 7. The topological polar surface area (TPSA) is 75.6 Å². The highest BCUT2D eigenvalue weighted by atomic mass is 16.7. The summed E-state index contributed by atoms with van der Waals surface area (Å²) in [4.78, 5) is 16.9. The predicted octanol–water partition coefficient (Wildman–Crippen LogP) is 5.70. The Bertz CT molecular complexity index is 1280. The maximum absolute atomic E-state index is 12.2. The highest BCUT2D eigenvalue weighted by molar-refractivity contribution is 6.25. The second kappa shape index (κ2) is 9.31. The van der Waals surface area contributed by atoms with E-state index in [2.05, 4.69) is 4.99 Å². The third-order valence-corrected chi connectivity index (χ3v) is 5.53. The molecule has 2 aliphatic rings. The second-order valence-corrected chi connectivity index (χ2v) is 7.64. The number of para-hydroxylation sites is 1. The highest BCUT2D eigenvalue weighted by Gasteiger charge is 2.41. The normalized spacial score (nSPS) is 15.7. The molecule has 0 aliphatic carbocycles. The summed E-state index contributed by atoms with van der Waals surface area (Å²) in [5.74, 6) is 2.61. The van der Waals surface area contributed by atoms with Crippen LogP contribution in [0.25, 0.3) is 5.57 Å². The highest BCUT2D eigenvalue weighted by Crippen LogP contribution is 2.50. The Labute approximate surface area is 197 Å². The minimum atomic E-state index is -0.826. The summed E-state index contributed by atoms with van der Waals surface area (Å²) < 4.78 is 28.3. The summed E-state index contributed by atoms with van der Waals surface area (Å²) in [6.45, 7) is 2.25. The molecule has 0 aromatic heterocycles. The molecule has 0 amide bonds. The van der Waals surface area contributed by atoms with Gasteiger partial charge in [-0.3, -0.25) is 0 Å². The van der Waals surface area contributed by atoms with Crippen LogP contribution >= 0.6 is 0 Å². The first-order valence-corrected chi connectivity index (χ1v) is 11.0. The van der Waals surface area contributed by atoms with Crippen molar-refractivity contribution in [3.63, 3.8) is 0 Å². The number of rotatable bonds is 6. The van der Waals surface area contributed by atoms with E-state index in [9.17, 15) is 4.79 Å². The van der Waals surface area contributed by atoms with Gasteiger partial charge in [0.25, 0.3) is 0 Å². The number of aliphatic imine (C=N–C) groups is 1. The van der Waals surface area contributed by atoms with Crippen LogP contribution in [0.4, 0.5) is 4.79 Å². The first-order valence-electron chi connectivity index (χ1n) is 11.0. The lowest BCUT2D eigenvalue weighted by atomic mass is 10.0. The lowest BCUT2D eigenvalue weighted by molar-refractivity contribution is 0.101. The van der Waals surface area contributed by atoms with Gasteiger partial charge < -0.3 is 23.7 Å². The molecule has 0 saturated carbocycles. The average molecular weight is 457 g/mol. The Balaban J connectivity index is 1.57. The van der Waals surface area contributed by atoms with Crippen molar-refractivity contribution in [3.8, 4) is 17.2 Å². The molecule has 3 aromatic carbocycles. The summed E-state index contributed by atoms with van der Waals surface area (Å²) in [7, 11) is 1.59. The van der Waals surface area contributed by atoms with Crippen LogP contribution in [0.1, 0.15) is 29.7 Å². The molecular weight excluding hydrogens is 434 g/mol. The van der Waals surface area contributed by atoms with Crippen LogP contribution in [0, 0.1) is 0 Å². The van der Waals surface area contributed by atoms with Crippen LogP contribution in [0.5, 0.6) is 17.2 Å². The van der Waals surface area contributed by atoms with Gasteiger partial charge in [-0.05, 0) is 30.7 Å². The molecule has 34 heavy (non-hydrogen) atoms. The second-order valence-electron chi connectivity index (χ2n) is 7.64. The van der Waals surface area contributed by atoms with Gasteiger partial charge >= 0.3 is 6.16 Å². The molecule has 7 heteroatoms. The van der Waals surface area contributed by atoms with Gasteiger partial charge in [-0.25, -0.2) is 9.79 Å². The van der Waals surface area contributed by atoms with Gasteiger partial charge in [0, 0.05) is 17.2 Å². The molecule has 1 unspecified atom stereocenters. The average Bonchev–Trinajstić information content (AvgIpc) is 3.39. The van der Waals surface area contributed by atoms with E-state index in [4.69, 9.17) is 23.7 Å². The van der Waals surface area contributed by atoms with E-state index >= 15 is 0 Å². The predicted molar refractivity (Wildman–Crippen MR) is 126 cm³/mol. The Kier molecular flexibility index (Phi) is 5.91. The van der Waals surface area contributed by atoms with Crippen LogP contribution in [0.2, 0.25) is 0 Å². The lowest BCUT2D eigenvalue weighted by Gasteiger charge is -2.16. The van der Waals surface area contributed by atoms with Gasteiger partial charge in [-0.2, -0.15) is 0 Å². The van der Waals surface area contributed by atoms with Gasteiger partial charge in [0.1, 0.15) is 35.7 Å². The number of carbonyl (C=O) groups is 1. The fraction of sp³-hybridized carbons (Fsp3) is 0.185. The van der Waals surface area contributed by atoms with Gasteiger partial charge in [-0.15, -0.1) is 0 Å². The summed E-state index contributed by atoms with van der Waals surface area (Å²) in [5, 5.41) is 0. The first-order chi connectivity index (χ1) is 16.7. The number of carbonyl (C=O) groups excluding carboxylic acids is 1. The van der Waals surface area contributed by atoms with Crippen molar-refractivity contribution < 1.29 is 28.5 Å². The zero-order valence-corrected chi connectivity index (χ0v) is 18.8. The zero-order chi connectivity index (χ0) is 23.5. The molecule has 0 radical (unpaired) electrons. The fourth-order valence-electron chi connectivity index (χ4n) is 3.96. The van der Waals surface area contributed by atoms with Crippen LogP contribution in [-0.2, 0) is 16.1 Å². The SMILES string of the molecule is CCOC(=O)OC1=NC2C(=C1c1ccc(OC)cc1OCc1ccccc1)Oc1ccccc12. The molecule has 1 atom stereocenters. The van der Waals surface area contributed by atoms with E-state index in [1.165, 1.54) is 0 Å². The molecule has 2 heterocycles. The minimum absolute atomic E-state index is 0.127. The van der Waals surface area contributed by atoms with E-state index in [-0.39, 0.29) is 12.5 Å². The van der Waals surface area contributed by atoms with Crippen molar-refractivity contribution in [1.29, 1.82) is 0 Å². The van der Waals surface area contributed by atoms with Gasteiger partial charge in [0.2, 0.25) is 5.90 Å². The fourth-order valence-corrected chi connectivity index (χ4v) is 3.96. The van der Waals surface area contributed by atoms with Crippen LogP contribution in [0.3, 0.4) is 0 Å². The van der Waals surface area contributed by atoms with Crippen molar-refractivity contribution in [2.45, 2.75) is 19.6 Å². The molecular formula is C27H23NO6. The molecule has 0 fully saturated rings. The molecule has 5 rings (SSSR count). The zero-order valence-electron chi connectivity index (χ0n) is 18.8. The van der Waals surface area contributed by atoms with Crippen LogP contribution in [-0.4, -0.2) is 25.8 Å². The van der Waals surface area contributed by atoms with E-state index < -0.39 is 12.2 Å². The first kappa shape index (κ1) is 21.6. The number of ether oxygens (including phenoxy) is 5. The van der Waals surface area contributed by atoms with Gasteiger partial charge in [0.05, 0.1) is 19.3 Å². The number of methoxy groups -OCH3 is 1. The van der Waals surface area contributed by atoms with E-state index in [1.54, 1.807) is 20.1 Å². The molecule has 0 saturated heterocycles. The summed E-state index contributed by atoms with van der Waals surface area (Å²) in [6, 6.07) is 22.5. The Morgan fingerprint density at radius 3 is 2.62 bits per heavy atom. The number of nitrogens with zero attached hydrogens (tertiary/aromatic N) is 1. The molecule has 0 bridgehead atoms. The number of fused-ring (bicyclic) bond motifs is 3. The third-order valence-electron chi connectivity index (χ3n) is 5.53. The minimum Gasteiger partial charge on any atom is -0.497 e. The number of benzene rings is 3. The molecule has 3 aromatic rings. The maximum atomic E-state index is 12.2. The molecule has 0 spiro atoms. The smallest absolute Gasteiger partial charge is 0.497 e. The Hall–Kier alpha value is -4.26. The van der Waals surface area contributed by atoms with Crippen molar-refractivity contribution >= 4 is 17.6 Å². The molecule has 7 nitrogen and oxygen atoms in total. The van der Waals surface area contributed by atoms with E-state index in [1.807, 2.05) is 66.7 Å². The van der Waals surface area contributed by atoms with Crippen LogP contribution < -0.4 is 14.2 Å². The maximum Gasteiger partial charge on any atom is 0.515 e. The Morgan fingerprint density at radius 2 is 1.82 bits per heavy atom. The summed E-state index contributed by atoms with van der Waals surface area (Å²) >= 11 is 0.